The van der Waals surface area contributed by atoms with Crippen molar-refractivity contribution in [1.29, 1.82) is 0 Å². The second kappa shape index (κ2) is 13.9. The Morgan fingerprint density at radius 2 is 1.86 bits per heavy atom. The Morgan fingerprint density at radius 3 is 2.49 bits per heavy atom. The van der Waals surface area contributed by atoms with Gasteiger partial charge in [0.1, 0.15) is 12.3 Å². The van der Waals surface area contributed by atoms with E-state index in [4.69, 9.17) is 9.47 Å². The van der Waals surface area contributed by atoms with Crippen LogP contribution in [0, 0.1) is 11.8 Å². The number of aromatic nitrogens is 1. The number of alkyl halides is 3. The predicted octanol–water partition coefficient (Wildman–Crippen LogP) is 3.96. The average molecular weight is 623 g/mol. The Hall–Kier alpha value is -3.44. The number of nitrogens with zero attached hydrogens (tertiary/aromatic N) is 2. The van der Waals surface area contributed by atoms with Crippen molar-refractivity contribution in [3.05, 3.63) is 48.2 Å². The van der Waals surface area contributed by atoms with Gasteiger partial charge in [0.25, 0.3) is 0 Å². The van der Waals surface area contributed by atoms with E-state index in [2.05, 4.69) is 27.4 Å². The van der Waals surface area contributed by atoms with Gasteiger partial charge in [0.05, 0.1) is 48.2 Å². The molecule has 1 unspecified atom stereocenters. The molecule has 0 bridgehead atoms. The van der Waals surface area contributed by atoms with Crippen LogP contribution in [0.1, 0.15) is 18.5 Å². The number of benzene rings is 2. The van der Waals surface area contributed by atoms with Crippen LogP contribution in [-0.2, 0) is 21.1 Å². The monoisotopic (exact) mass is 622 g/mol. The fourth-order valence-corrected chi connectivity index (χ4v) is 5.80. The van der Waals surface area contributed by atoms with Gasteiger partial charge in [-0.1, -0.05) is 12.0 Å². The van der Waals surface area contributed by atoms with Crippen LogP contribution in [0.15, 0.2) is 47.4 Å². The number of hydrogen-bond acceptors (Lipinski definition) is 8. The number of nitrogens with one attached hydrogen (secondary N) is 2. The van der Waals surface area contributed by atoms with Crippen LogP contribution in [0.5, 0.6) is 5.75 Å². The van der Waals surface area contributed by atoms with Crippen LogP contribution < -0.4 is 15.4 Å². The number of ether oxygens (including phenoxy) is 2. The first-order valence-electron chi connectivity index (χ1n) is 13.8. The van der Waals surface area contributed by atoms with Crippen molar-refractivity contribution in [2.75, 3.05) is 63.9 Å². The zero-order valence-corrected chi connectivity index (χ0v) is 25.2. The summed E-state index contributed by atoms with van der Waals surface area (Å²) in [6.07, 6.45) is -1.89. The summed E-state index contributed by atoms with van der Waals surface area (Å²) in [4.78, 5) is 2.34. The van der Waals surface area contributed by atoms with E-state index in [0.717, 1.165) is 37.9 Å². The highest BCUT2D eigenvalue weighted by molar-refractivity contribution is 7.90. The molecular formula is C30H37F3N4O5S. The van der Waals surface area contributed by atoms with Crippen LogP contribution in [0.3, 0.4) is 0 Å². The highest BCUT2D eigenvalue weighted by Crippen LogP contribution is 2.32. The Bertz CT molecular complexity index is 1570. The van der Waals surface area contributed by atoms with Gasteiger partial charge in [-0.3, -0.25) is 0 Å². The molecule has 2 heterocycles. The second-order valence-corrected chi connectivity index (χ2v) is 12.5. The fourth-order valence-electron chi connectivity index (χ4n) is 5.16. The molecule has 1 aromatic heterocycles. The normalized spacial score (nSPS) is 15.6. The molecule has 0 spiro atoms. The molecule has 0 saturated carbocycles. The lowest BCUT2D eigenvalue weighted by atomic mass is 10.0. The van der Waals surface area contributed by atoms with Crippen molar-refractivity contribution in [3.8, 4) is 17.6 Å². The van der Waals surface area contributed by atoms with E-state index >= 15 is 0 Å². The molecule has 1 aliphatic rings. The van der Waals surface area contributed by atoms with E-state index in [1.54, 1.807) is 31.4 Å². The van der Waals surface area contributed by atoms with E-state index in [1.165, 1.54) is 23.8 Å². The zero-order valence-electron chi connectivity index (χ0n) is 24.4. The van der Waals surface area contributed by atoms with Gasteiger partial charge in [0.2, 0.25) is 0 Å². The summed E-state index contributed by atoms with van der Waals surface area (Å²) in [5, 5.41) is 16.6. The van der Waals surface area contributed by atoms with E-state index in [-0.39, 0.29) is 35.9 Å². The Kier molecular flexibility index (Phi) is 10.5. The molecule has 1 fully saturated rings. The fraction of sp³-hybridized carbons (Fsp3) is 0.467. The average Bonchev–Trinajstić information content (AvgIpc) is 3.30. The molecule has 1 atom stereocenters. The van der Waals surface area contributed by atoms with Crippen molar-refractivity contribution in [3.63, 3.8) is 0 Å². The predicted molar refractivity (Wildman–Crippen MR) is 160 cm³/mol. The molecule has 234 valence electrons. The number of aliphatic hydroxyl groups excluding tert-OH is 1. The Morgan fingerprint density at radius 1 is 1.12 bits per heavy atom. The van der Waals surface area contributed by atoms with E-state index < -0.39 is 22.6 Å². The number of likely N-dealkylation sites (tertiary alicyclic amines) is 1. The standard InChI is InChI=1S/C30H37F3N4O5S/c1-41-23(19-38)18-36-14-11-21(12-15-36)35-26-7-4-8-28-25(26)16-22(37(28)20-30(31,32)33)6-5-13-34-27-10-9-24(43(3,39)40)17-29(27)42-2/h4,7-10,16-17,21,23,34-35,38H,11-15,18-20H2,1-3H3. The minimum absolute atomic E-state index is 0.0421. The second-order valence-electron chi connectivity index (χ2n) is 10.5. The maximum atomic E-state index is 13.6. The lowest BCUT2D eigenvalue weighted by Gasteiger charge is -2.34. The first-order chi connectivity index (χ1) is 20.4. The molecule has 3 N–H and O–H groups in total. The minimum atomic E-state index is -4.44. The molecule has 3 aromatic rings. The number of fused-ring (bicyclic) bond motifs is 1. The molecule has 9 nitrogen and oxygen atoms in total. The maximum absolute atomic E-state index is 13.6. The van der Waals surface area contributed by atoms with Gasteiger partial charge in [0.15, 0.2) is 9.84 Å². The number of aliphatic hydroxyl groups is 1. The first kappa shape index (κ1) is 32.5. The largest absolute Gasteiger partial charge is 0.495 e. The van der Waals surface area contributed by atoms with Gasteiger partial charge in [-0.15, -0.1) is 0 Å². The number of anilines is 2. The topological polar surface area (TPSA) is 105 Å². The van der Waals surface area contributed by atoms with Crippen LogP contribution >= 0.6 is 0 Å². The maximum Gasteiger partial charge on any atom is 0.406 e. The number of piperidine rings is 1. The molecule has 2 aromatic carbocycles. The van der Waals surface area contributed by atoms with Gasteiger partial charge < -0.3 is 34.7 Å². The van der Waals surface area contributed by atoms with E-state index in [9.17, 15) is 26.7 Å². The molecule has 1 aliphatic heterocycles. The number of rotatable bonds is 11. The Labute approximate surface area is 249 Å². The summed E-state index contributed by atoms with van der Waals surface area (Å²) in [7, 11) is -0.428. The lowest BCUT2D eigenvalue weighted by Crippen LogP contribution is -2.43. The summed E-state index contributed by atoms with van der Waals surface area (Å²) in [6, 6.07) is 11.5. The van der Waals surface area contributed by atoms with E-state index in [1.807, 2.05) is 6.07 Å². The van der Waals surface area contributed by atoms with Crippen molar-refractivity contribution >= 4 is 32.1 Å². The summed E-state index contributed by atoms with van der Waals surface area (Å²) in [6.45, 7) is 1.14. The third-order valence-corrected chi connectivity index (χ3v) is 8.52. The highest BCUT2D eigenvalue weighted by atomic mass is 32.2. The van der Waals surface area contributed by atoms with Crippen LogP contribution in [0.25, 0.3) is 10.9 Å². The zero-order chi connectivity index (χ0) is 31.2. The van der Waals surface area contributed by atoms with Gasteiger partial charge in [-0.25, -0.2) is 8.42 Å². The van der Waals surface area contributed by atoms with Crippen molar-refractivity contribution in [2.24, 2.45) is 0 Å². The minimum Gasteiger partial charge on any atom is -0.495 e. The van der Waals surface area contributed by atoms with Crippen LogP contribution in [-0.4, -0.2) is 94.6 Å². The molecule has 1 saturated heterocycles. The quantitative estimate of drug-likeness (QED) is 0.276. The lowest BCUT2D eigenvalue weighted by molar-refractivity contribution is -0.140. The molecule has 13 heteroatoms. The number of methoxy groups -OCH3 is 2. The van der Waals surface area contributed by atoms with Gasteiger partial charge in [0, 0.05) is 56.2 Å². The van der Waals surface area contributed by atoms with Gasteiger partial charge in [-0.05, 0) is 49.1 Å². The molecule has 43 heavy (non-hydrogen) atoms. The third kappa shape index (κ3) is 8.57. The van der Waals surface area contributed by atoms with Crippen molar-refractivity contribution < 1.29 is 36.2 Å². The molecule has 0 amide bonds. The van der Waals surface area contributed by atoms with Crippen LogP contribution in [0.2, 0.25) is 0 Å². The highest BCUT2D eigenvalue weighted by Gasteiger charge is 2.30. The Balaban J connectivity index is 1.52. The molecule has 0 radical (unpaired) electrons. The number of halogens is 3. The SMILES string of the molecule is COc1cc(S(C)(=O)=O)ccc1NCC#Cc1cc2c(NC3CCN(CC(CO)OC)CC3)cccc2n1CC(F)(F)F. The van der Waals surface area contributed by atoms with Crippen molar-refractivity contribution in [2.45, 2.75) is 42.6 Å². The first-order valence-corrected chi connectivity index (χ1v) is 15.7. The molecule has 4 rings (SSSR count). The van der Waals surface area contributed by atoms with E-state index in [0.29, 0.717) is 28.9 Å². The number of sulfone groups is 1. The van der Waals surface area contributed by atoms with Crippen molar-refractivity contribution in [1.82, 2.24) is 9.47 Å². The molecule has 0 aliphatic carbocycles. The summed E-state index contributed by atoms with van der Waals surface area (Å²) < 4.78 is 76.2. The summed E-state index contributed by atoms with van der Waals surface area (Å²) in [5.74, 6) is 6.08. The smallest absolute Gasteiger partial charge is 0.406 e. The summed E-state index contributed by atoms with van der Waals surface area (Å²) in [5.41, 5.74) is 1.92. The third-order valence-electron chi connectivity index (χ3n) is 7.41. The van der Waals surface area contributed by atoms with Gasteiger partial charge in [-0.2, -0.15) is 13.2 Å². The van der Waals surface area contributed by atoms with Gasteiger partial charge >= 0.3 is 6.18 Å². The molecular weight excluding hydrogens is 585 g/mol. The van der Waals surface area contributed by atoms with Crippen LogP contribution in [0.4, 0.5) is 24.5 Å². The number of hydrogen-bond donors (Lipinski definition) is 3. The summed E-state index contributed by atoms with van der Waals surface area (Å²) >= 11 is 0.